The zero-order valence-electron chi connectivity index (χ0n) is 9.45. The first-order valence-electron chi connectivity index (χ1n) is 5.17. The van der Waals surface area contributed by atoms with Crippen LogP contribution in [0, 0.1) is 0 Å². The molecule has 0 bridgehead atoms. The number of nitrogens with one attached hydrogen (secondary N) is 2. The van der Waals surface area contributed by atoms with Gasteiger partial charge < -0.3 is 10.6 Å². The van der Waals surface area contributed by atoms with Crippen LogP contribution >= 0.6 is 23.1 Å². The Morgan fingerprint density at radius 2 is 2.31 bits per heavy atom. The summed E-state index contributed by atoms with van der Waals surface area (Å²) in [5.41, 5.74) is 0. The molecular formula is C9H16N4OS2. The fourth-order valence-electron chi connectivity index (χ4n) is 0.952. The lowest BCUT2D eigenvalue weighted by molar-refractivity contribution is -0.118. The zero-order chi connectivity index (χ0) is 11.8. The molecule has 0 aliphatic rings. The molecule has 90 valence electrons. The van der Waals surface area contributed by atoms with Crippen LogP contribution in [0.4, 0.5) is 5.13 Å². The van der Waals surface area contributed by atoms with Gasteiger partial charge in [0.1, 0.15) is 0 Å². The maximum absolute atomic E-state index is 11.4. The summed E-state index contributed by atoms with van der Waals surface area (Å²) in [7, 11) is 1.80. The first kappa shape index (κ1) is 13.2. The number of rotatable bonds is 7. The Kier molecular flexibility index (Phi) is 6.17. The summed E-state index contributed by atoms with van der Waals surface area (Å²) >= 11 is 2.87. The summed E-state index contributed by atoms with van der Waals surface area (Å²) in [5.74, 6) is 0.460. The van der Waals surface area contributed by atoms with Crippen LogP contribution in [0.2, 0.25) is 0 Å². The van der Waals surface area contributed by atoms with Crippen molar-refractivity contribution in [1.82, 2.24) is 15.5 Å². The first-order valence-corrected chi connectivity index (χ1v) is 6.97. The maximum atomic E-state index is 11.4. The number of anilines is 1. The van der Waals surface area contributed by atoms with Crippen molar-refractivity contribution in [3.8, 4) is 0 Å². The lowest BCUT2D eigenvalue weighted by Gasteiger charge is -2.01. The summed E-state index contributed by atoms with van der Waals surface area (Å²) < 4.78 is 0.815. The molecule has 1 amide bonds. The number of hydrogen-bond donors (Lipinski definition) is 2. The van der Waals surface area contributed by atoms with Crippen molar-refractivity contribution >= 4 is 34.1 Å². The maximum Gasteiger partial charge on any atom is 0.230 e. The van der Waals surface area contributed by atoms with Crippen LogP contribution in [-0.2, 0) is 4.79 Å². The summed E-state index contributed by atoms with van der Waals surface area (Å²) in [5, 5.41) is 14.4. The standard InChI is InChI=1S/C9H16N4OS2/c1-3-4-5-11-7(14)6-15-9-13-12-8(10-2)16-9/h3-6H2,1-2H3,(H,10,12)(H,11,14). The monoisotopic (exact) mass is 260 g/mol. The van der Waals surface area contributed by atoms with E-state index in [2.05, 4.69) is 27.8 Å². The number of nitrogens with zero attached hydrogens (tertiary/aromatic N) is 2. The van der Waals surface area contributed by atoms with Gasteiger partial charge in [-0.2, -0.15) is 0 Å². The van der Waals surface area contributed by atoms with Crippen molar-refractivity contribution in [3.05, 3.63) is 0 Å². The molecule has 0 saturated heterocycles. The number of thioether (sulfide) groups is 1. The van der Waals surface area contributed by atoms with Crippen LogP contribution in [0.15, 0.2) is 4.34 Å². The highest BCUT2D eigenvalue weighted by Gasteiger charge is 2.06. The van der Waals surface area contributed by atoms with Crippen molar-refractivity contribution in [2.24, 2.45) is 0 Å². The molecule has 0 saturated carbocycles. The van der Waals surface area contributed by atoms with Gasteiger partial charge in [-0.15, -0.1) is 10.2 Å². The number of hydrogen-bond acceptors (Lipinski definition) is 6. The molecule has 0 radical (unpaired) electrons. The number of carbonyl (C=O) groups excluding carboxylic acids is 1. The molecule has 2 N–H and O–H groups in total. The van der Waals surface area contributed by atoms with E-state index < -0.39 is 0 Å². The Balaban J connectivity index is 2.20. The van der Waals surface area contributed by atoms with E-state index >= 15 is 0 Å². The van der Waals surface area contributed by atoms with Crippen molar-refractivity contribution in [1.29, 1.82) is 0 Å². The van der Waals surface area contributed by atoms with E-state index in [1.54, 1.807) is 7.05 Å². The molecular weight excluding hydrogens is 244 g/mol. The summed E-state index contributed by atoms with van der Waals surface area (Å²) in [6.45, 7) is 2.86. The van der Waals surface area contributed by atoms with E-state index in [1.165, 1.54) is 23.1 Å². The van der Waals surface area contributed by atoms with Crippen molar-refractivity contribution in [2.45, 2.75) is 24.1 Å². The molecule has 1 aromatic rings. The fraction of sp³-hybridized carbons (Fsp3) is 0.667. The highest BCUT2D eigenvalue weighted by molar-refractivity contribution is 8.01. The molecule has 0 aliphatic heterocycles. The van der Waals surface area contributed by atoms with E-state index in [0.29, 0.717) is 5.75 Å². The summed E-state index contributed by atoms with van der Waals surface area (Å²) in [6.07, 6.45) is 2.12. The molecule has 0 spiro atoms. The summed E-state index contributed by atoms with van der Waals surface area (Å²) in [4.78, 5) is 11.4. The van der Waals surface area contributed by atoms with Gasteiger partial charge in [-0.05, 0) is 6.42 Å². The van der Waals surface area contributed by atoms with Gasteiger partial charge in [0.25, 0.3) is 0 Å². The van der Waals surface area contributed by atoms with Gasteiger partial charge in [-0.25, -0.2) is 0 Å². The second-order valence-corrected chi connectivity index (χ2v) is 5.32. The van der Waals surface area contributed by atoms with E-state index in [0.717, 1.165) is 28.9 Å². The van der Waals surface area contributed by atoms with Crippen LogP contribution in [-0.4, -0.2) is 35.4 Å². The fourth-order valence-corrected chi connectivity index (χ4v) is 2.49. The van der Waals surface area contributed by atoms with Gasteiger partial charge >= 0.3 is 0 Å². The van der Waals surface area contributed by atoms with Gasteiger partial charge in [0.2, 0.25) is 11.0 Å². The van der Waals surface area contributed by atoms with Gasteiger partial charge in [-0.1, -0.05) is 36.4 Å². The average Bonchev–Trinajstić information content (AvgIpc) is 2.74. The highest BCUT2D eigenvalue weighted by Crippen LogP contribution is 2.24. The van der Waals surface area contributed by atoms with Crippen LogP contribution in [0.25, 0.3) is 0 Å². The first-order chi connectivity index (χ1) is 7.76. The largest absolute Gasteiger partial charge is 0.363 e. The van der Waals surface area contributed by atoms with Crippen LogP contribution in [0.1, 0.15) is 19.8 Å². The van der Waals surface area contributed by atoms with Gasteiger partial charge in [0, 0.05) is 13.6 Å². The Morgan fingerprint density at radius 1 is 1.50 bits per heavy atom. The number of aromatic nitrogens is 2. The van der Waals surface area contributed by atoms with E-state index in [-0.39, 0.29) is 5.91 Å². The minimum absolute atomic E-state index is 0.0552. The Bertz CT molecular complexity index is 329. The third-order valence-electron chi connectivity index (χ3n) is 1.80. The second kappa shape index (κ2) is 7.45. The number of amides is 1. The predicted molar refractivity (Wildman–Crippen MR) is 68.1 cm³/mol. The van der Waals surface area contributed by atoms with Crippen molar-refractivity contribution in [2.75, 3.05) is 24.7 Å². The van der Waals surface area contributed by atoms with Crippen molar-refractivity contribution < 1.29 is 4.79 Å². The third kappa shape index (κ3) is 4.80. The van der Waals surface area contributed by atoms with Crippen LogP contribution in [0.3, 0.4) is 0 Å². The Labute approximate surface area is 103 Å². The molecule has 0 aromatic carbocycles. The average molecular weight is 260 g/mol. The van der Waals surface area contributed by atoms with E-state index in [4.69, 9.17) is 0 Å². The molecule has 5 nitrogen and oxygen atoms in total. The molecule has 7 heteroatoms. The van der Waals surface area contributed by atoms with E-state index in [9.17, 15) is 4.79 Å². The second-order valence-electron chi connectivity index (χ2n) is 3.12. The topological polar surface area (TPSA) is 66.9 Å². The summed E-state index contributed by atoms with van der Waals surface area (Å²) in [6, 6.07) is 0. The lowest BCUT2D eigenvalue weighted by atomic mass is 10.3. The molecule has 1 rings (SSSR count). The highest BCUT2D eigenvalue weighted by atomic mass is 32.2. The molecule has 1 heterocycles. The molecule has 0 aliphatic carbocycles. The number of unbranched alkanes of at least 4 members (excludes halogenated alkanes) is 1. The predicted octanol–water partition coefficient (Wildman–Crippen LogP) is 1.59. The van der Waals surface area contributed by atoms with Gasteiger partial charge in [0.05, 0.1) is 5.75 Å². The Hall–Kier alpha value is -0.820. The SMILES string of the molecule is CCCCNC(=O)CSc1nnc(NC)s1. The normalized spacial score (nSPS) is 10.1. The lowest BCUT2D eigenvalue weighted by Crippen LogP contribution is -2.25. The zero-order valence-corrected chi connectivity index (χ0v) is 11.1. The van der Waals surface area contributed by atoms with Crippen LogP contribution < -0.4 is 10.6 Å². The molecule has 0 unspecified atom stereocenters. The minimum atomic E-state index is 0.0552. The quantitative estimate of drug-likeness (QED) is 0.575. The molecule has 1 aromatic heterocycles. The number of carbonyl (C=O) groups is 1. The molecule has 0 atom stereocenters. The van der Waals surface area contributed by atoms with E-state index in [1.807, 2.05) is 0 Å². The smallest absolute Gasteiger partial charge is 0.230 e. The molecule has 0 fully saturated rings. The van der Waals surface area contributed by atoms with Crippen LogP contribution in [0.5, 0.6) is 0 Å². The van der Waals surface area contributed by atoms with Crippen molar-refractivity contribution in [3.63, 3.8) is 0 Å². The van der Waals surface area contributed by atoms with Gasteiger partial charge in [0.15, 0.2) is 4.34 Å². The molecule has 16 heavy (non-hydrogen) atoms. The third-order valence-corrected chi connectivity index (χ3v) is 3.87. The Morgan fingerprint density at radius 3 is 2.94 bits per heavy atom. The van der Waals surface area contributed by atoms with Gasteiger partial charge in [-0.3, -0.25) is 4.79 Å². The minimum Gasteiger partial charge on any atom is -0.363 e.